The van der Waals surface area contributed by atoms with Crippen molar-refractivity contribution < 1.29 is 4.79 Å². The van der Waals surface area contributed by atoms with Gasteiger partial charge in [0.15, 0.2) is 0 Å². The van der Waals surface area contributed by atoms with Gasteiger partial charge in [-0.2, -0.15) is 11.8 Å². The van der Waals surface area contributed by atoms with Gasteiger partial charge in [-0.3, -0.25) is 4.79 Å². The number of rotatable bonds is 2. The third kappa shape index (κ3) is 3.45. The molecule has 1 amide bonds. The lowest BCUT2D eigenvalue weighted by molar-refractivity contribution is 0.0772. The van der Waals surface area contributed by atoms with E-state index in [1.807, 2.05) is 35.8 Å². The Labute approximate surface area is 125 Å². The van der Waals surface area contributed by atoms with Gasteiger partial charge in [-0.25, -0.2) is 4.98 Å². The molecule has 0 unspecified atom stereocenters. The second kappa shape index (κ2) is 6.04. The summed E-state index contributed by atoms with van der Waals surface area (Å²) < 4.78 is 0. The van der Waals surface area contributed by atoms with Crippen LogP contribution in [0.3, 0.4) is 0 Å². The number of hydrogen-bond acceptors (Lipinski definition) is 4. The summed E-state index contributed by atoms with van der Waals surface area (Å²) in [4.78, 5) is 19.1. The smallest absolute Gasteiger partial charge is 0.254 e. The highest BCUT2D eigenvalue weighted by atomic mass is 32.2. The molecule has 110 valence electrons. The summed E-state index contributed by atoms with van der Waals surface area (Å²) >= 11 is 1.91. The summed E-state index contributed by atoms with van der Waals surface area (Å²) in [6, 6.07) is 3.78. The number of carbonyl (C=O) groups is 1. The summed E-state index contributed by atoms with van der Waals surface area (Å²) in [7, 11) is 1.83. The molecule has 0 radical (unpaired) electrons. The predicted molar refractivity (Wildman–Crippen MR) is 85.7 cm³/mol. The summed E-state index contributed by atoms with van der Waals surface area (Å²) in [5, 5.41) is 3.05. The Morgan fingerprint density at radius 1 is 1.30 bits per heavy atom. The van der Waals surface area contributed by atoms with Crippen LogP contribution in [0.25, 0.3) is 0 Å². The van der Waals surface area contributed by atoms with E-state index in [2.05, 4.69) is 31.1 Å². The number of nitrogens with zero attached hydrogens (tertiary/aromatic N) is 2. The minimum Gasteiger partial charge on any atom is -0.373 e. The average molecular weight is 293 g/mol. The highest BCUT2D eigenvalue weighted by Crippen LogP contribution is 2.24. The lowest BCUT2D eigenvalue weighted by atomic mass is 9.90. The zero-order valence-electron chi connectivity index (χ0n) is 12.7. The summed E-state index contributed by atoms with van der Waals surface area (Å²) in [5.74, 6) is 2.94. The number of thioether (sulfide) groups is 1. The van der Waals surface area contributed by atoms with E-state index < -0.39 is 0 Å². The van der Waals surface area contributed by atoms with Crippen molar-refractivity contribution in [1.82, 2.24) is 9.88 Å². The Balaban J connectivity index is 2.32. The fourth-order valence-corrected chi connectivity index (χ4v) is 3.02. The summed E-state index contributed by atoms with van der Waals surface area (Å²) in [6.45, 7) is 8.01. The van der Waals surface area contributed by atoms with Gasteiger partial charge in [0.05, 0.1) is 0 Å². The van der Waals surface area contributed by atoms with Gasteiger partial charge in [0.2, 0.25) is 0 Å². The molecular weight excluding hydrogens is 270 g/mol. The number of nitrogens with one attached hydrogen (secondary N) is 1. The van der Waals surface area contributed by atoms with Crippen molar-refractivity contribution in [2.75, 3.05) is 37.0 Å². The first kappa shape index (κ1) is 15.2. The number of pyridine rings is 1. The van der Waals surface area contributed by atoms with Crippen LogP contribution in [0.5, 0.6) is 0 Å². The highest BCUT2D eigenvalue weighted by molar-refractivity contribution is 7.99. The fourth-order valence-electron chi connectivity index (χ4n) is 2.12. The van der Waals surface area contributed by atoms with Crippen LogP contribution in [0.1, 0.15) is 36.8 Å². The molecule has 1 N–H and O–H groups in total. The molecule has 1 aliphatic rings. The van der Waals surface area contributed by atoms with Gasteiger partial charge in [-0.15, -0.1) is 0 Å². The molecule has 1 aliphatic heterocycles. The van der Waals surface area contributed by atoms with E-state index in [1.165, 1.54) is 0 Å². The molecule has 0 atom stereocenters. The molecule has 0 bridgehead atoms. The maximum atomic E-state index is 12.6. The lowest BCUT2D eigenvalue weighted by Crippen LogP contribution is -2.38. The van der Waals surface area contributed by atoms with E-state index in [-0.39, 0.29) is 11.3 Å². The second-order valence-electron chi connectivity index (χ2n) is 6.03. The number of amides is 1. The largest absolute Gasteiger partial charge is 0.373 e. The third-order valence-corrected chi connectivity index (χ3v) is 4.34. The van der Waals surface area contributed by atoms with Crippen molar-refractivity contribution in [2.45, 2.75) is 26.2 Å². The Bertz CT molecular complexity index is 490. The van der Waals surface area contributed by atoms with Gasteiger partial charge in [-0.05, 0) is 12.1 Å². The Hall–Kier alpha value is -1.23. The SMILES string of the molecule is CNc1cc(C(=O)N2CCSCC2)cc(C(C)(C)C)n1. The monoisotopic (exact) mass is 293 g/mol. The van der Waals surface area contributed by atoms with Crippen LogP contribution in [-0.4, -0.2) is 47.4 Å². The third-order valence-electron chi connectivity index (χ3n) is 3.40. The van der Waals surface area contributed by atoms with Crippen LogP contribution >= 0.6 is 11.8 Å². The average Bonchev–Trinajstić information content (AvgIpc) is 2.46. The standard InChI is InChI=1S/C15H23N3OS/c1-15(2,3)12-9-11(10-13(16-4)17-12)14(19)18-5-7-20-8-6-18/h9-10H,5-8H2,1-4H3,(H,16,17). The van der Waals surface area contributed by atoms with E-state index in [0.717, 1.165) is 41.7 Å². The molecule has 2 heterocycles. The molecule has 0 saturated carbocycles. The summed E-state index contributed by atoms with van der Waals surface area (Å²) in [5.41, 5.74) is 1.61. The van der Waals surface area contributed by atoms with Crippen molar-refractivity contribution in [3.63, 3.8) is 0 Å². The normalized spacial score (nSPS) is 16.1. The van der Waals surface area contributed by atoms with Crippen molar-refractivity contribution in [2.24, 2.45) is 0 Å². The van der Waals surface area contributed by atoms with Crippen molar-refractivity contribution >= 4 is 23.5 Å². The van der Waals surface area contributed by atoms with Gasteiger partial charge in [0.1, 0.15) is 5.82 Å². The van der Waals surface area contributed by atoms with E-state index in [1.54, 1.807) is 0 Å². The minimum absolute atomic E-state index is 0.0698. The van der Waals surface area contributed by atoms with E-state index in [9.17, 15) is 4.79 Å². The quantitative estimate of drug-likeness (QED) is 0.910. The zero-order chi connectivity index (χ0) is 14.8. The molecular formula is C15H23N3OS. The zero-order valence-corrected chi connectivity index (χ0v) is 13.5. The molecule has 0 spiro atoms. The molecule has 1 aromatic rings. The fraction of sp³-hybridized carbons (Fsp3) is 0.600. The molecule has 1 saturated heterocycles. The van der Waals surface area contributed by atoms with Gasteiger partial charge >= 0.3 is 0 Å². The second-order valence-corrected chi connectivity index (χ2v) is 7.26. The molecule has 2 rings (SSSR count). The number of carbonyl (C=O) groups excluding carboxylic acids is 1. The van der Waals surface area contributed by atoms with Crippen molar-refractivity contribution in [3.05, 3.63) is 23.4 Å². The first-order valence-electron chi connectivity index (χ1n) is 6.99. The van der Waals surface area contributed by atoms with Crippen molar-refractivity contribution in [3.8, 4) is 0 Å². The van der Waals surface area contributed by atoms with Crippen LogP contribution in [0.4, 0.5) is 5.82 Å². The first-order valence-corrected chi connectivity index (χ1v) is 8.14. The van der Waals surface area contributed by atoms with Gasteiger partial charge in [0, 0.05) is 48.3 Å². The Morgan fingerprint density at radius 3 is 2.50 bits per heavy atom. The molecule has 0 aromatic carbocycles. The predicted octanol–water partition coefficient (Wildman–Crippen LogP) is 2.61. The van der Waals surface area contributed by atoms with Gasteiger partial charge in [-0.1, -0.05) is 20.8 Å². The van der Waals surface area contributed by atoms with E-state index in [0.29, 0.717) is 0 Å². The molecule has 1 fully saturated rings. The molecule has 20 heavy (non-hydrogen) atoms. The molecule has 0 aliphatic carbocycles. The van der Waals surface area contributed by atoms with Gasteiger partial charge < -0.3 is 10.2 Å². The summed E-state index contributed by atoms with van der Waals surface area (Å²) in [6.07, 6.45) is 0. The first-order chi connectivity index (χ1) is 9.41. The molecule has 1 aromatic heterocycles. The number of hydrogen-bond donors (Lipinski definition) is 1. The van der Waals surface area contributed by atoms with Crippen LogP contribution in [0.15, 0.2) is 12.1 Å². The van der Waals surface area contributed by atoms with Crippen LogP contribution < -0.4 is 5.32 Å². The lowest BCUT2D eigenvalue weighted by Gasteiger charge is -2.27. The highest BCUT2D eigenvalue weighted by Gasteiger charge is 2.22. The van der Waals surface area contributed by atoms with Gasteiger partial charge in [0.25, 0.3) is 5.91 Å². The van der Waals surface area contributed by atoms with E-state index >= 15 is 0 Å². The maximum absolute atomic E-state index is 12.6. The van der Waals surface area contributed by atoms with Crippen LogP contribution in [-0.2, 0) is 5.41 Å². The topological polar surface area (TPSA) is 45.2 Å². The Kier molecular flexibility index (Phi) is 4.58. The molecule has 5 heteroatoms. The van der Waals surface area contributed by atoms with Crippen molar-refractivity contribution in [1.29, 1.82) is 0 Å². The van der Waals surface area contributed by atoms with E-state index in [4.69, 9.17) is 0 Å². The number of aromatic nitrogens is 1. The Morgan fingerprint density at radius 2 is 1.95 bits per heavy atom. The molecule has 4 nitrogen and oxygen atoms in total. The number of anilines is 1. The van der Waals surface area contributed by atoms with Crippen LogP contribution in [0, 0.1) is 0 Å². The van der Waals surface area contributed by atoms with Crippen LogP contribution in [0.2, 0.25) is 0 Å². The minimum atomic E-state index is -0.0698. The maximum Gasteiger partial charge on any atom is 0.254 e.